The van der Waals surface area contributed by atoms with E-state index in [0.717, 1.165) is 16.3 Å². The second kappa shape index (κ2) is 5.70. The first kappa shape index (κ1) is 14.4. The zero-order valence-electron chi connectivity index (χ0n) is 11.9. The van der Waals surface area contributed by atoms with Gasteiger partial charge in [0, 0.05) is 10.7 Å². The number of anilines is 1. The predicted octanol–water partition coefficient (Wildman–Crippen LogP) is 4.76. The van der Waals surface area contributed by atoms with E-state index in [9.17, 15) is 9.90 Å². The molecule has 3 aromatic rings. The van der Waals surface area contributed by atoms with Crippen LogP contribution in [0.5, 0.6) is 5.75 Å². The summed E-state index contributed by atoms with van der Waals surface area (Å²) in [5.74, 6) is -0.419. The number of amides is 1. The molecule has 3 aromatic carbocycles. The Bertz CT molecular complexity index is 874. The van der Waals surface area contributed by atoms with Gasteiger partial charge in [-0.25, -0.2) is 0 Å². The summed E-state index contributed by atoms with van der Waals surface area (Å²) in [5, 5.41) is 15.2. The molecule has 0 saturated heterocycles. The minimum Gasteiger partial charge on any atom is -0.507 e. The molecule has 0 aliphatic carbocycles. The number of hydrogen-bond acceptors (Lipinski definition) is 2. The van der Waals surface area contributed by atoms with E-state index in [4.69, 9.17) is 11.6 Å². The van der Waals surface area contributed by atoms with Crippen molar-refractivity contribution in [1.82, 2.24) is 0 Å². The lowest BCUT2D eigenvalue weighted by Gasteiger charge is -2.09. The van der Waals surface area contributed by atoms with Crippen molar-refractivity contribution in [2.45, 2.75) is 6.92 Å². The van der Waals surface area contributed by atoms with Crippen LogP contribution in [0.25, 0.3) is 10.8 Å². The van der Waals surface area contributed by atoms with Gasteiger partial charge in [-0.1, -0.05) is 41.9 Å². The van der Waals surface area contributed by atoms with Gasteiger partial charge in [0.2, 0.25) is 0 Å². The first-order chi connectivity index (χ1) is 10.5. The molecule has 4 heteroatoms. The number of phenols is 1. The van der Waals surface area contributed by atoms with E-state index in [0.29, 0.717) is 10.7 Å². The Kier molecular flexibility index (Phi) is 3.73. The smallest absolute Gasteiger partial charge is 0.259 e. The van der Waals surface area contributed by atoms with Crippen molar-refractivity contribution in [2.75, 3.05) is 5.32 Å². The van der Waals surface area contributed by atoms with E-state index >= 15 is 0 Å². The van der Waals surface area contributed by atoms with Gasteiger partial charge in [0.15, 0.2) is 0 Å². The van der Waals surface area contributed by atoms with Gasteiger partial charge in [0.05, 0.1) is 5.56 Å². The first-order valence-electron chi connectivity index (χ1n) is 6.84. The summed E-state index contributed by atoms with van der Waals surface area (Å²) in [5.41, 5.74) is 1.76. The van der Waals surface area contributed by atoms with Gasteiger partial charge in [-0.15, -0.1) is 0 Å². The molecular formula is C18H14ClNO2. The van der Waals surface area contributed by atoms with Crippen LogP contribution in [0.15, 0.2) is 54.6 Å². The van der Waals surface area contributed by atoms with Crippen molar-refractivity contribution in [3.63, 3.8) is 0 Å². The topological polar surface area (TPSA) is 49.3 Å². The molecule has 0 fully saturated rings. The van der Waals surface area contributed by atoms with Crippen molar-refractivity contribution in [2.24, 2.45) is 0 Å². The predicted molar refractivity (Wildman–Crippen MR) is 89.8 cm³/mol. The molecule has 0 heterocycles. The van der Waals surface area contributed by atoms with Gasteiger partial charge >= 0.3 is 0 Å². The highest BCUT2D eigenvalue weighted by Crippen LogP contribution is 2.26. The molecule has 0 atom stereocenters. The summed E-state index contributed by atoms with van der Waals surface area (Å²) >= 11 is 6.05. The largest absolute Gasteiger partial charge is 0.507 e. The lowest BCUT2D eigenvalue weighted by molar-refractivity contribution is 0.102. The fraction of sp³-hybridized carbons (Fsp3) is 0.0556. The Labute approximate surface area is 133 Å². The second-order valence-electron chi connectivity index (χ2n) is 5.13. The number of aryl methyl sites for hydroxylation is 1. The molecule has 0 radical (unpaired) electrons. The maximum absolute atomic E-state index is 12.4. The molecule has 22 heavy (non-hydrogen) atoms. The minimum atomic E-state index is -0.372. The average Bonchev–Trinajstić information content (AvgIpc) is 2.50. The van der Waals surface area contributed by atoms with Crippen molar-refractivity contribution < 1.29 is 9.90 Å². The number of rotatable bonds is 2. The van der Waals surface area contributed by atoms with E-state index in [1.54, 1.807) is 24.3 Å². The summed E-state index contributed by atoms with van der Waals surface area (Å²) in [6, 6.07) is 16.1. The summed E-state index contributed by atoms with van der Waals surface area (Å²) in [7, 11) is 0. The van der Waals surface area contributed by atoms with Gasteiger partial charge in [-0.3, -0.25) is 4.79 Å². The highest BCUT2D eigenvalue weighted by Gasteiger charge is 2.13. The molecule has 0 saturated carbocycles. The van der Waals surface area contributed by atoms with E-state index in [1.165, 1.54) is 0 Å². The minimum absolute atomic E-state index is 0.0468. The fourth-order valence-corrected chi connectivity index (χ4v) is 2.46. The maximum atomic E-state index is 12.4. The number of aromatic hydroxyl groups is 1. The van der Waals surface area contributed by atoms with Crippen LogP contribution in [0, 0.1) is 6.92 Å². The number of nitrogens with one attached hydrogen (secondary N) is 1. The van der Waals surface area contributed by atoms with Crippen LogP contribution < -0.4 is 5.32 Å². The zero-order chi connectivity index (χ0) is 15.7. The Morgan fingerprint density at radius 3 is 2.41 bits per heavy atom. The number of carbonyl (C=O) groups is 1. The molecule has 0 spiro atoms. The van der Waals surface area contributed by atoms with E-state index in [1.807, 2.05) is 37.3 Å². The second-order valence-corrected chi connectivity index (χ2v) is 5.54. The van der Waals surface area contributed by atoms with Gasteiger partial charge in [-0.05, 0) is 47.5 Å². The van der Waals surface area contributed by atoms with Crippen LogP contribution in [0.1, 0.15) is 15.9 Å². The summed E-state index contributed by atoms with van der Waals surface area (Å²) in [4.78, 5) is 12.4. The molecule has 3 rings (SSSR count). The molecule has 1 amide bonds. The number of benzene rings is 3. The maximum Gasteiger partial charge on any atom is 0.259 e. The molecule has 0 aliphatic heterocycles. The standard InChI is InChI=1S/C18H14ClNO2/c1-11-6-7-14(10-16(11)19)20-18(22)15-8-12-4-2-3-5-13(12)9-17(15)21/h2-10,21H,1H3,(H,20,22). The number of halogens is 1. The normalized spacial score (nSPS) is 10.6. The van der Waals surface area contributed by atoms with Crippen molar-refractivity contribution in [3.05, 3.63) is 70.7 Å². The summed E-state index contributed by atoms with van der Waals surface area (Å²) in [6.45, 7) is 1.89. The van der Waals surface area contributed by atoms with Crippen LogP contribution in [0.2, 0.25) is 5.02 Å². The van der Waals surface area contributed by atoms with Crippen LogP contribution in [-0.4, -0.2) is 11.0 Å². The Hall–Kier alpha value is -2.52. The van der Waals surface area contributed by atoms with Gasteiger partial charge < -0.3 is 10.4 Å². The van der Waals surface area contributed by atoms with Gasteiger partial charge in [0.25, 0.3) is 5.91 Å². The van der Waals surface area contributed by atoms with Crippen molar-refractivity contribution in [3.8, 4) is 5.75 Å². The van der Waals surface area contributed by atoms with E-state index < -0.39 is 0 Å². The molecule has 0 aromatic heterocycles. The molecule has 110 valence electrons. The quantitative estimate of drug-likeness (QED) is 0.717. The lowest BCUT2D eigenvalue weighted by atomic mass is 10.1. The zero-order valence-corrected chi connectivity index (χ0v) is 12.7. The third-order valence-corrected chi connectivity index (χ3v) is 3.95. The Balaban J connectivity index is 1.94. The number of phenolic OH excluding ortho intramolecular Hbond substituents is 1. The molecule has 3 nitrogen and oxygen atoms in total. The third-order valence-electron chi connectivity index (χ3n) is 3.54. The first-order valence-corrected chi connectivity index (χ1v) is 7.21. The number of carbonyl (C=O) groups excluding carboxylic acids is 1. The molecule has 0 unspecified atom stereocenters. The number of fused-ring (bicyclic) bond motifs is 1. The Morgan fingerprint density at radius 1 is 1.05 bits per heavy atom. The highest BCUT2D eigenvalue weighted by atomic mass is 35.5. The van der Waals surface area contributed by atoms with Crippen LogP contribution in [-0.2, 0) is 0 Å². The summed E-state index contributed by atoms with van der Waals surface area (Å²) < 4.78 is 0. The Morgan fingerprint density at radius 2 is 1.73 bits per heavy atom. The molecule has 0 bridgehead atoms. The summed E-state index contributed by atoms with van der Waals surface area (Å²) in [6.07, 6.45) is 0. The average molecular weight is 312 g/mol. The van der Waals surface area contributed by atoms with E-state index in [2.05, 4.69) is 5.32 Å². The van der Waals surface area contributed by atoms with Crippen LogP contribution in [0.3, 0.4) is 0 Å². The van der Waals surface area contributed by atoms with E-state index in [-0.39, 0.29) is 17.2 Å². The van der Waals surface area contributed by atoms with Crippen molar-refractivity contribution in [1.29, 1.82) is 0 Å². The number of hydrogen-bond donors (Lipinski definition) is 2. The molecule has 2 N–H and O–H groups in total. The monoisotopic (exact) mass is 311 g/mol. The molecule has 0 aliphatic rings. The van der Waals surface area contributed by atoms with Crippen LogP contribution in [0.4, 0.5) is 5.69 Å². The van der Waals surface area contributed by atoms with Crippen LogP contribution >= 0.6 is 11.6 Å². The lowest BCUT2D eigenvalue weighted by Crippen LogP contribution is -2.12. The third kappa shape index (κ3) is 2.76. The van der Waals surface area contributed by atoms with Gasteiger partial charge in [0.1, 0.15) is 5.75 Å². The highest BCUT2D eigenvalue weighted by molar-refractivity contribution is 6.31. The van der Waals surface area contributed by atoms with Crippen molar-refractivity contribution >= 4 is 34.0 Å². The van der Waals surface area contributed by atoms with Gasteiger partial charge in [-0.2, -0.15) is 0 Å². The SMILES string of the molecule is Cc1ccc(NC(=O)c2cc3ccccc3cc2O)cc1Cl. The molecular weight excluding hydrogens is 298 g/mol. The fourth-order valence-electron chi connectivity index (χ4n) is 2.28.